The zero-order valence-electron chi connectivity index (χ0n) is 26.2. The van der Waals surface area contributed by atoms with E-state index in [4.69, 9.17) is 4.52 Å². The SMILES string of the molecule is CC(CC(=O)Nc1ccccc1-c1nc2nccc(-c3ccc(CNC(=O)c4nc(C(C)(C)C)no4)c(F)c3)c2[nH]1)CN(C)C. The van der Waals surface area contributed by atoms with E-state index in [0.29, 0.717) is 57.2 Å². The summed E-state index contributed by atoms with van der Waals surface area (Å²) in [5, 5.41) is 9.51. The van der Waals surface area contributed by atoms with Crippen molar-refractivity contribution in [3.63, 3.8) is 0 Å². The van der Waals surface area contributed by atoms with Crippen molar-refractivity contribution >= 4 is 28.7 Å². The summed E-state index contributed by atoms with van der Waals surface area (Å²) >= 11 is 0. The van der Waals surface area contributed by atoms with Crippen LogP contribution >= 0.6 is 0 Å². The average Bonchev–Trinajstić information content (AvgIpc) is 3.64. The first-order chi connectivity index (χ1) is 21.4. The lowest BCUT2D eigenvalue weighted by molar-refractivity contribution is -0.117. The van der Waals surface area contributed by atoms with Gasteiger partial charge in [0.2, 0.25) is 5.91 Å². The van der Waals surface area contributed by atoms with Crippen LogP contribution in [0.2, 0.25) is 0 Å². The first-order valence-corrected chi connectivity index (χ1v) is 14.7. The molecule has 3 heterocycles. The van der Waals surface area contributed by atoms with Crippen LogP contribution < -0.4 is 10.6 Å². The Morgan fingerprint density at radius 3 is 2.56 bits per heavy atom. The van der Waals surface area contributed by atoms with Crippen LogP contribution in [-0.4, -0.2) is 62.4 Å². The van der Waals surface area contributed by atoms with Gasteiger partial charge in [0.1, 0.15) is 11.6 Å². The van der Waals surface area contributed by atoms with Crippen molar-refractivity contribution in [2.24, 2.45) is 5.92 Å². The molecule has 0 fully saturated rings. The number of nitrogens with zero attached hydrogens (tertiary/aromatic N) is 5. The minimum atomic E-state index is -0.582. The molecule has 5 rings (SSSR count). The zero-order chi connectivity index (χ0) is 32.3. The van der Waals surface area contributed by atoms with Crippen LogP contribution in [0.4, 0.5) is 10.1 Å². The van der Waals surface area contributed by atoms with Gasteiger partial charge in [-0.15, -0.1) is 0 Å². The molecule has 0 saturated carbocycles. The minimum absolute atomic E-state index is 0.0609. The highest BCUT2D eigenvalue weighted by molar-refractivity contribution is 5.97. The second-order valence-electron chi connectivity index (χ2n) is 12.5. The van der Waals surface area contributed by atoms with E-state index in [1.54, 1.807) is 24.4 Å². The van der Waals surface area contributed by atoms with Crippen molar-refractivity contribution in [3.8, 4) is 22.5 Å². The first kappa shape index (κ1) is 31.5. The predicted octanol–water partition coefficient (Wildman–Crippen LogP) is 5.57. The third kappa shape index (κ3) is 7.40. The number of rotatable bonds is 10. The Bertz CT molecular complexity index is 1840. The van der Waals surface area contributed by atoms with E-state index in [2.05, 4.69) is 40.6 Å². The first-order valence-electron chi connectivity index (χ1n) is 14.7. The monoisotopic (exact) mass is 612 g/mol. The van der Waals surface area contributed by atoms with Crippen molar-refractivity contribution < 1.29 is 18.5 Å². The van der Waals surface area contributed by atoms with E-state index < -0.39 is 11.7 Å². The van der Waals surface area contributed by atoms with E-state index in [1.165, 1.54) is 6.07 Å². The molecule has 0 aliphatic carbocycles. The minimum Gasteiger partial charge on any atom is -0.344 e. The summed E-state index contributed by atoms with van der Waals surface area (Å²) < 4.78 is 20.3. The quantitative estimate of drug-likeness (QED) is 0.186. The molecule has 0 bridgehead atoms. The lowest BCUT2D eigenvalue weighted by Crippen LogP contribution is -2.24. The normalized spacial score (nSPS) is 12.4. The molecule has 234 valence electrons. The van der Waals surface area contributed by atoms with E-state index in [9.17, 15) is 9.59 Å². The molecular weight excluding hydrogens is 575 g/mol. The molecule has 0 spiro atoms. The number of nitrogens with one attached hydrogen (secondary N) is 3. The average molecular weight is 613 g/mol. The van der Waals surface area contributed by atoms with Crippen LogP contribution in [0, 0.1) is 11.7 Å². The maximum atomic E-state index is 15.3. The number of para-hydroxylation sites is 1. The van der Waals surface area contributed by atoms with Crippen molar-refractivity contribution in [1.29, 1.82) is 0 Å². The molecule has 0 saturated heterocycles. The Balaban J connectivity index is 1.34. The summed E-state index contributed by atoms with van der Waals surface area (Å²) in [6, 6.07) is 14.0. The summed E-state index contributed by atoms with van der Waals surface area (Å²) in [5.41, 5.74) is 3.65. The summed E-state index contributed by atoms with van der Waals surface area (Å²) in [5.74, 6) is -0.196. The second kappa shape index (κ2) is 12.9. The summed E-state index contributed by atoms with van der Waals surface area (Å²) in [6.07, 6.45) is 2.00. The van der Waals surface area contributed by atoms with Crippen molar-refractivity contribution in [3.05, 3.63) is 77.8 Å². The molecule has 2 amide bonds. The Hall–Kier alpha value is -4.97. The van der Waals surface area contributed by atoms with Crippen LogP contribution in [-0.2, 0) is 16.8 Å². The molecule has 2 aromatic carbocycles. The van der Waals surface area contributed by atoms with Crippen molar-refractivity contribution in [2.45, 2.75) is 46.1 Å². The van der Waals surface area contributed by atoms with Gasteiger partial charge in [-0.1, -0.05) is 57.1 Å². The number of aromatic amines is 1. The number of pyridine rings is 1. The second-order valence-corrected chi connectivity index (χ2v) is 12.5. The fraction of sp³-hybridized carbons (Fsp3) is 0.333. The summed E-state index contributed by atoms with van der Waals surface area (Å²) in [4.78, 5) is 44.0. The van der Waals surface area contributed by atoms with E-state index in [1.807, 2.05) is 66.1 Å². The van der Waals surface area contributed by atoms with Gasteiger partial charge in [0.05, 0.1) is 11.2 Å². The number of imidazole rings is 1. The Morgan fingerprint density at radius 2 is 1.84 bits per heavy atom. The van der Waals surface area contributed by atoms with E-state index >= 15 is 4.39 Å². The molecule has 1 unspecified atom stereocenters. The number of H-pyrrole nitrogens is 1. The molecular formula is C33H37FN8O3. The maximum Gasteiger partial charge on any atom is 0.315 e. The standard InChI is InChI=1S/C33H37FN8O3/c1-19(18-42(5)6)15-26(43)37-25-10-8-7-9-23(25)28-38-27-22(13-14-35-29(27)39-28)20-11-12-21(24(34)16-20)17-36-30(44)31-40-32(41-45-31)33(2,3)4/h7-14,16,19H,15,17-18H2,1-6H3,(H,36,44)(H,37,43)(H,35,38,39). The fourth-order valence-electron chi connectivity index (χ4n) is 5.01. The predicted molar refractivity (Wildman–Crippen MR) is 170 cm³/mol. The zero-order valence-corrected chi connectivity index (χ0v) is 26.2. The lowest BCUT2D eigenvalue weighted by Gasteiger charge is -2.17. The van der Waals surface area contributed by atoms with Gasteiger partial charge < -0.3 is 25.0 Å². The highest BCUT2D eigenvalue weighted by atomic mass is 19.1. The molecule has 0 aliphatic rings. The number of fused-ring (bicyclic) bond motifs is 1. The fourth-order valence-corrected chi connectivity index (χ4v) is 5.01. The number of hydrogen-bond acceptors (Lipinski definition) is 8. The number of carbonyl (C=O) groups excluding carboxylic acids is 2. The topological polar surface area (TPSA) is 142 Å². The smallest absolute Gasteiger partial charge is 0.315 e. The number of aromatic nitrogens is 5. The summed E-state index contributed by atoms with van der Waals surface area (Å²) in [7, 11) is 3.97. The van der Waals surface area contributed by atoms with Gasteiger partial charge >= 0.3 is 11.8 Å². The van der Waals surface area contributed by atoms with Gasteiger partial charge in [-0.25, -0.2) is 14.4 Å². The Morgan fingerprint density at radius 1 is 1.07 bits per heavy atom. The van der Waals surface area contributed by atoms with Crippen LogP contribution in [0.15, 0.2) is 59.3 Å². The van der Waals surface area contributed by atoms with Gasteiger partial charge in [0.15, 0.2) is 11.5 Å². The van der Waals surface area contributed by atoms with Gasteiger partial charge in [0, 0.05) is 47.8 Å². The number of carbonyl (C=O) groups is 2. The highest BCUT2D eigenvalue weighted by Crippen LogP contribution is 2.32. The van der Waals surface area contributed by atoms with Gasteiger partial charge in [-0.3, -0.25) is 9.59 Å². The van der Waals surface area contributed by atoms with Crippen molar-refractivity contribution in [2.75, 3.05) is 26.0 Å². The molecule has 0 radical (unpaired) electrons. The molecule has 5 aromatic rings. The maximum absolute atomic E-state index is 15.3. The number of hydrogen-bond donors (Lipinski definition) is 3. The van der Waals surface area contributed by atoms with E-state index in [-0.39, 0.29) is 29.7 Å². The molecule has 0 aliphatic heterocycles. The number of amides is 2. The van der Waals surface area contributed by atoms with Gasteiger partial charge in [-0.05, 0) is 49.8 Å². The number of halogens is 1. The molecule has 1 atom stereocenters. The number of benzene rings is 2. The van der Waals surface area contributed by atoms with Crippen LogP contribution in [0.3, 0.4) is 0 Å². The van der Waals surface area contributed by atoms with Crippen molar-refractivity contribution in [1.82, 2.24) is 35.3 Å². The molecule has 12 heteroatoms. The molecule has 3 N–H and O–H groups in total. The summed E-state index contributed by atoms with van der Waals surface area (Å²) in [6.45, 7) is 8.51. The van der Waals surface area contributed by atoms with Crippen LogP contribution in [0.25, 0.3) is 33.7 Å². The number of anilines is 1. The molecule has 3 aromatic heterocycles. The lowest BCUT2D eigenvalue weighted by atomic mass is 9.96. The van der Waals surface area contributed by atoms with Crippen LogP contribution in [0.5, 0.6) is 0 Å². The van der Waals surface area contributed by atoms with Gasteiger partial charge in [0.25, 0.3) is 0 Å². The Labute approximate surface area is 260 Å². The van der Waals surface area contributed by atoms with E-state index in [0.717, 1.165) is 6.54 Å². The highest BCUT2D eigenvalue weighted by Gasteiger charge is 2.24. The third-order valence-electron chi connectivity index (χ3n) is 7.15. The third-order valence-corrected chi connectivity index (χ3v) is 7.15. The van der Waals surface area contributed by atoms with Crippen LogP contribution in [0.1, 0.15) is 56.2 Å². The van der Waals surface area contributed by atoms with Gasteiger partial charge in [-0.2, -0.15) is 4.98 Å². The molecule has 45 heavy (non-hydrogen) atoms. The Kier molecular flexibility index (Phi) is 9.05. The largest absolute Gasteiger partial charge is 0.344 e. The molecule has 11 nitrogen and oxygen atoms in total.